The minimum absolute atomic E-state index is 0.487. The van der Waals surface area contributed by atoms with Crippen molar-refractivity contribution in [2.75, 3.05) is 7.05 Å². The standard InChI is InChI=1S/C11H15BrClNS/c1-14-10(7-4-2-3-5-7)9-6-8(13)11(12)15-9/h6-7,10,14H,2-5H2,1H3. The number of rotatable bonds is 3. The molecule has 0 amide bonds. The van der Waals surface area contributed by atoms with Crippen LogP contribution in [0, 0.1) is 5.92 Å². The zero-order chi connectivity index (χ0) is 10.8. The van der Waals surface area contributed by atoms with Gasteiger partial charge < -0.3 is 5.32 Å². The van der Waals surface area contributed by atoms with E-state index >= 15 is 0 Å². The van der Waals surface area contributed by atoms with Crippen molar-refractivity contribution in [2.24, 2.45) is 5.92 Å². The summed E-state index contributed by atoms with van der Waals surface area (Å²) in [6.07, 6.45) is 5.45. The molecule has 84 valence electrons. The van der Waals surface area contributed by atoms with Crippen LogP contribution in [0.4, 0.5) is 0 Å². The summed E-state index contributed by atoms with van der Waals surface area (Å²) in [6.45, 7) is 0. The van der Waals surface area contributed by atoms with Gasteiger partial charge in [0.25, 0.3) is 0 Å². The number of hydrogen-bond donors (Lipinski definition) is 1. The van der Waals surface area contributed by atoms with E-state index in [2.05, 4.69) is 27.3 Å². The number of halogens is 2. The van der Waals surface area contributed by atoms with Crippen molar-refractivity contribution in [3.05, 3.63) is 19.8 Å². The average molecular weight is 309 g/mol. The summed E-state index contributed by atoms with van der Waals surface area (Å²) in [6, 6.07) is 2.58. The molecule has 2 rings (SSSR count). The van der Waals surface area contributed by atoms with E-state index in [0.29, 0.717) is 6.04 Å². The van der Waals surface area contributed by atoms with Crippen LogP contribution < -0.4 is 5.32 Å². The topological polar surface area (TPSA) is 12.0 Å². The van der Waals surface area contributed by atoms with Crippen molar-refractivity contribution < 1.29 is 0 Å². The minimum Gasteiger partial charge on any atom is -0.312 e. The lowest BCUT2D eigenvalue weighted by Crippen LogP contribution is -2.22. The van der Waals surface area contributed by atoms with Gasteiger partial charge in [-0.3, -0.25) is 0 Å². The van der Waals surface area contributed by atoms with E-state index in [4.69, 9.17) is 11.6 Å². The third-order valence-electron chi connectivity index (χ3n) is 3.15. The van der Waals surface area contributed by atoms with Crippen LogP contribution in [0.2, 0.25) is 5.02 Å². The van der Waals surface area contributed by atoms with Crippen LogP contribution in [0.15, 0.2) is 9.85 Å². The first-order chi connectivity index (χ1) is 7.22. The van der Waals surface area contributed by atoms with Crippen LogP contribution in [0.1, 0.15) is 36.6 Å². The second-order valence-corrected chi connectivity index (χ2v) is 6.89. The second kappa shape index (κ2) is 5.17. The molecule has 1 saturated carbocycles. The maximum atomic E-state index is 6.07. The molecule has 0 spiro atoms. The molecule has 1 heterocycles. The van der Waals surface area contributed by atoms with Crippen molar-refractivity contribution >= 4 is 38.9 Å². The predicted octanol–water partition coefficient (Wildman–Crippen LogP) is 4.61. The molecule has 1 aliphatic rings. The SMILES string of the molecule is CNC(c1cc(Cl)c(Br)s1)C1CCCC1. The Kier molecular flexibility index (Phi) is 4.10. The fourth-order valence-corrected chi connectivity index (χ4v) is 4.37. The summed E-state index contributed by atoms with van der Waals surface area (Å²) in [5.74, 6) is 0.789. The maximum absolute atomic E-state index is 6.07. The lowest BCUT2D eigenvalue weighted by Gasteiger charge is -2.21. The van der Waals surface area contributed by atoms with Gasteiger partial charge in [0.1, 0.15) is 0 Å². The Morgan fingerprint density at radius 2 is 2.20 bits per heavy atom. The maximum Gasteiger partial charge on any atom is 0.0887 e. The minimum atomic E-state index is 0.487. The van der Waals surface area contributed by atoms with E-state index in [1.54, 1.807) is 11.3 Å². The molecular weight excluding hydrogens is 294 g/mol. The van der Waals surface area contributed by atoms with E-state index in [1.165, 1.54) is 30.6 Å². The Hall–Kier alpha value is 0.430. The number of nitrogens with one attached hydrogen (secondary N) is 1. The predicted molar refractivity (Wildman–Crippen MR) is 70.8 cm³/mol. The van der Waals surface area contributed by atoms with Crippen LogP contribution in [-0.4, -0.2) is 7.05 Å². The molecule has 1 unspecified atom stereocenters. The summed E-state index contributed by atoms with van der Waals surface area (Å²) in [7, 11) is 2.05. The fraction of sp³-hybridized carbons (Fsp3) is 0.636. The fourth-order valence-electron chi connectivity index (χ4n) is 2.42. The molecule has 0 bridgehead atoms. The quantitative estimate of drug-likeness (QED) is 0.859. The molecule has 4 heteroatoms. The molecular formula is C11H15BrClNS. The monoisotopic (exact) mass is 307 g/mol. The van der Waals surface area contributed by atoms with E-state index in [9.17, 15) is 0 Å². The Morgan fingerprint density at radius 1 is 1.53 bits per heavy atom. The molecule has 1 aromatic rings. The van der Waals surface area contributed by atoms with E-state index in [1.807, 2.05) is 7.05 Å². The van der Waals surface area contributed by atoms with Gasteiger partial charge >= 0.3 is 0 Å². The van der Waals surface area contributed by atoms with Crippen LogP contribution in [-0.2, 0) is 0 Å². The first kappa shape index (κ1) is 11.9. The van der Waals surface area contributed by atoms with Gasteiger partial charge in [0.2, 0.25) is 0 Å². The Morgan fingerprint density at radius 3 is 2.67 bits per heavy atom. The summed E-state index contributed by atoms with van der Waals surface area (Å²) in [5.41, 5.74) is 0. The highest BCUT2D eigenvalue weighted by atomic mass is 79.9. The molecule has 1 fully saturated rings. The number of hydrogen-bond acceptors (Lipinski definition) is 2. The molecule has 0 aromatic carbocycles. The largest absolute Gasteiger partial charge is 0.312 e. The molecule has 0 aliphatic heterocycles. The molecule has 0 radical (unpaired) electrons. The zero-order valence-corrected chi connectivity index (χ0v) is 11.9. The molecule has 1 nitrogen and oxygen atoms in total. The van der Waals surface area contributed by atoms with Gasteiger partial charge in [0, 0.05) is 10.9 Å². The molecule has 1 aliphatic carbocycles. The Labute approximate surface area is 108 Å². The zero-order valence-electron chi connectivity index (χ0n) is 8.72. The normalized spacial score (nSPS) is 19.7. The highest BCUT2D eigenvalue weighted by Crippen LogP contribution is 2.41. The molecule has 1 N–H and O–H groups in total. The van der Waals surface area contributed by atoms with E-state index in [-0.39, 0.29) is 0 Å². The molecule has 1 atom stereocenters. The van der Waals surface area contributed by atoms with Crippen molar-refractivity contribution in [2.45, 2.75) is 31.7 Å². The van der Waals surface area contributed by atoms with Crippen molar-refractivity contribution in [3.63, 3.8) is 0 Å². The van der Waals surface area contributed by atoms with Crippen LogP contribution in [0.25, 0.3) is 0 Å². The van der Waals surface area contributed by atoms with Gasteiger partial charge in [-0.25, -0.2) is 0 Å². The summed E-state index contributed by atoms with van der Waals surface area (Å²) in [5, 5.41) is 4.27. The number of thiophene rings is 1. The first-order valence-corrected chi connectivity index (χ1v) is 7.33. The Balaban J connectivity index is 2.18. The summed E-state index contributed by atoms with van der Waals surface area (Å²) < 4.78 is 1.05. The summed E-state index contributed by atoms with van der Waals surface area (Å²) in [4.78, 5) is 1.36. The van der Waals surface area contributed by atoms with Gasteiger partial charge in [-0.2, -0.15) is 0 Å². The Bertz CT molecular complexity index is 314. The third-order valence-corrected chi connectivity index (χ3v) is 5.71. The second-order valence-electron chi connectivity index (χ2n) is 4.08. The van der Waals surface area contributed by atoms with Crippen molar-refractivity contribution in [1.82, 2.24) is 5.32 Å². The third kappa shape index (κ3) is 2.57. The van der Waals surface area contributed by atoms with Gasteiger partial charge in [-0.15, -0.1) is 11.3 Å². The first-order valence-electron chi connectivity index (χ1n) is 5.34. The highest BCUT2D eigenvalue weighted by molar-refractivity contribution is 9.11. The lowest BCUT2D eigenvalue weighted by atomic mass is 9.97. The van der Waals surface area contributed by atoms with Crippen molar-refractivity contribution in [3.8, 4) is 0 Å². The average Bonchev–Trinajstić information content (AvgIpc) is 2.80. The smallest absolute Gasteiger partial charge is 0.0887 e. The van der Waals surface area contributed by atoms with Gasteiger partial charge in [0.15, 0.2) is 0 Å². The van der Waals surface area contributed by atoms with Crippen molar-refractivity contribution in [1.29, 1.82) is 0 Å². The lowest BCUT2D eigenvalue weighted by molar-refractivity contribution is 0.395. The van der Waals surface area contributed by atoms with E-state index < -0.39 is 0 Å². The van der Waals surface area contributed by atoms with Gasteiger partial charge in [-0.05, 0) is 47.8 Å². The van der Waals surface area contributed by atoms with Crippen LogP contribution in [0.5, 0.6) is 0 Å². The molecule has 0 saturated heterocycles. The molecule has 1 aromatic heterocycles. The van der Waals surface area contributed by atoms with Gasteiger partial charge in [-0.1, -0.05) is 24.4 Å². The van der Waals surface area contributed by atoms with Crippen LogP contribution in [0.3, 0.4) is 0 Å². The molecule has 15 heavy (non-hydrogen) atoms. The van der Waals surface area contributed by atoms with Gasteiger partial charge in [0.05, 0.1) is 8.81 Å². The summed E-state index contributed by atoms with van der Waals surface area (Å²) >= 11 is 11.3. The van der Waals surface area contributed by atoms with E-state index in [0.717, 1.165) is 14.7 Å². The van der Waals surface area contributed by atoms with Crippen LogP contribution >= 0.6 is 38.9 Å². The highest BCUT2D eigenvalue weighted by Gasteiger charge is 2.26.